The molecule has 0 spiro atoms. The summed E-state index contributed by atoms with van der Waals surface area (Å²) in [7, 11) is 0. The van der Waals surface area contributed by atoms with Crippen molar-refractivity contribution in [1.82, 2.24) is 10.7 Å². The Morgan fingerprint density at radius 3 is 2.61 bits per heavy atom. The average molecular weight is 261 g/mol. The zero-order chi connectivity index (χ0) is 12.6. The summed E-state index contributed by atoms with van der Waals surface area (Å²) in [6, 6.07) is 10.5. The third-order valence-corrected chi connectivity index (χ3v) is 3.33. The fraction of sp³-hybridized carbons (Fsp3) is 0.429. The smallest absolute Gasteiger partial charge is 0.187 e. The summed E-state index contributed by atoms with van der Waals surface area (Å²) in [6.07, 6.45) is 8.15. The van der Waals surface area contributed by atoms with Crippen molar-refractivity contribution in [2.75, 3.05) is 0 Å². The van der Waals surface area contributed by atoms with E-state index in [-0.39, 0.29) is 0 Å². The van der Waals surface area contributed by atoms with Gasteiger partial charge in [-0.1, -0.05) is 49.6 Å². The van der Waals surface area contributed by atoms with Crippen LogP contribution in [0.25, 0.3) is 0 Å². The summed E-state index contributed by atoms with van der Waals surface area (Å²) in [5, 5.41) is 8.06. The predicted molar refractivity (Wildman–Crippen MR) is 79.8 cm³/mol. The molecule has 3 nitrogen and oxygen atoms in total. The highest BCUT2D eigenvalue weighted by atomic mass is 32.1. The van der Waals surface area contributed by atoms with Gasteiger partial charge in [0.2, 0.25) is 0 Å². The van der Waals surface area contributed by atoms with E-state index in [0.717, 1.165) is 5.56 Å². The Morgan fingerprint density at radius 2 is 1.89 bits per heavy atom. The minimum Gasteiger partial charge on any atom is -0.359 e. The summed E-state index contributed by atoms with van der Waals surface area (Å²) in [5.74, 6) is 0. The van der Waals surface area contributed by atoms with Gasteiger partial charge in [-0.05, 0) is 30.6 Å². The molecule has 1 fully saturated rings. The molecule has 0 unspecified atom stereocenters. The van der Waals surface area contributed by atoms with Crippen molar-refractivity contribution in [3.63, 3.8) is 0 Å². The molecule has 0 saturated heterocycles. The summed E-state index contributed by atoms with van der Waals surface area (Å²) in [5.41, 5.74) is 3.93. The van der Waals surface area contributed by atoms with E-state index in [0.29, 0.717) is 11.2 Å². The molecule has 2 N–H and O–H groups in total. The van der Waals surface area contributed by atoms with Gasteiger partial charge in [0, 0.05) is 6.04 Å². The van der Waals surface area contributed by atoms with Crippen molar-refractivity contribution in [2.24, 2.45) is 5.10 Å². The molecule has 2 rings (SSSR count). The maximum Gasteiger partial charge on any atom is 0.187 e. The fourth-order valence-corrected chi connectivity index (χ4v) is 2.39. The maximum atomic E-state index is 5.21. The molecule has 0 bridgehead atoms. The van der Waals surface area contributed by atoms with Crippen LogP contribution in [0.5, 0.6) is 0 Å². The van der Waals surface area contributed by atoms with Gasteiger partial charge in [-0.2, -0.15) is 5.10 Å². The van der Waals surface area contributed by atoms with Crippen LogP contribution in [0.3, 0.4) is 0 Å². The second-order valence-corrected chi connectivity index (χ2v) is 5.00. The van der Waals surface area contributed by atoms with Crippen molar-refractivity contribution < 1.29 is 0 Å². The van der Waals surface area contributed by atoms with Crippen LogP contribution < -0.4 is 10.7 Å². The van der Waals surface area contributed by atoms with Crippen LogP contribution >= 0.6 is 12.2 Å². The number of nitrogens with one attached hydrogen (secondary N) is 2. The number of rotatable bonds is 3. The molecule has 1 aromatic carbocycles. The Balaban J connectivity index is 1.72. The highest BCUT2D eigenvalue weighted by Crippen LogP contribution is 2.17. The van der Waals surface area contributed by atoms with Crippen molar-refractivity contribution >= 4 is 23.5 Å². The quantitative estimate of drug-likeness (QED) is 0.499. The van der Waals surface area contributed by atoms with E-state index in [9.17, 15) is 0 Å². The van der Waals surface area contributed by atoms with Crippen molar-refractivity contribution in [3.8, 4) is 0 Å². The maximum absolute atomic E-state index is 5.21. The van der Waals surface area contributed by atoms with Gasteiger partial charge in [-0.25, -0.2) is 0 Å². The minimum atomic E-state index is 0.519. The SMILES string of the molecule is S=C(N/N=C\c1ccccc1)NC1CCCCC1. The first-order valence-corrected chi connectivity index (χ1v) is 6.90. The number of hydrogen-bond donors (Lipinski definition) is 2. The van der Waals surface area contributed by atoms with Crippen LogP contribution in [0.4, 0.5) is 0 Å². The lowest BCUT2D eigenvalue weighted by molar-refractivity contribution is 0.412. The molecule has 0 aromatic heterocycles. The third-order valence-electron chi connectivity index (χ3n) is 3.12. The van der Waals surface area contributed by atoms with Crippen molar-refractivity contribution in [2.45, 2.75) is 38.1 Å². The number of hydrogen-bond acceptors (Lipinski definition) is 2. The molecule has 1 aliphatic rings. The van der Waals surface area contributed by atoms with Gasteiger partial charge < -0.3 is 5.32 Å². The van der Waals surface area contributed by atoms with Crippen LogP contribution in [0.15, 0.2) is 35.4 Å². The number of nitrogens with zero attached hydrogens (tertiary/aromatic N) is 1. The van der Waals surface area contributed by atoms with Crippen LogP contribution in [-0.2, 0) is 0 Å². The Bertz CT molecular complexity index is 397. The summed E-state index contributed by atoms with van der Waals surface area (Å²) in [6.45, 7) is 0. The topological polar surface area (TPSA) is 36.4 Å². The highest BCUT2D eigenvalue weighted by Gasteiger charge is 2.13. The van der Waals surface area contributed by atoms with E-state index in [4.69, 9.17) is 12.2 Å². The first kappa shape index (κ1) is 13.0. The normalized spacial score (nSPS) is 16.7. The Kier molecular flexibility index (Phi) is 5.15. The lowest BCUT2D eigenvalue weighted by atomic mass is 9.96. The number of hydrazone groups is 1. The molecular formula is C14H19N3S. The Hall–Kier alpha value is -1.42. The van der Waals surface area contributed by atoms with E-state index < -0.39 is 0 Å². The Morgan fingerprint density at radius 1 is 1.17 bits per heavy atom. The van der Waals surface area contributed by atoms with Gasteiger partial charge in [-0.3, -0.25) is 5.43 Å². The largest absolute Gasteiger partial charge is 0.359 e. The third kappa shape index (κ3) is 4.45. The lowest BCUT2D eigenvalue weighted by Crippen LogP contribution is -2.40. The average Bonchev–Trinajstić information content (AvgIpc) is 2.41. The number of thiocarbonyl (C=S) groups is 1. The Labute approximate surface area is 114 Å². The fourth-order valence-electron chi connectivity index (χ4n) is 2.17. The van der Waals surface area contributed by atoms with Gasteiger partial charge >= 0.3 is 0 Å². The second-order valence-electron chi connectivity index (χ2n) is 4.59. The summed E-state index contributed by atoms with van der Waals surface area (Å²) >= 11 is 5.21. The molecule has 4 heteroatoms. The first-order chi connectivity index (χ1) is 8.84. The predicted octanol–water partition coefficient (Wildman–Crippen LogP) is 2.82. The molecule has 1 aromatic rings. The van der Waals surface area contributed by atoms with Crippen LogP contribution in [0.2, 0.25) is 0 Å². The monoisotopic (exact) mass is 261 g/mol. The molecule has 96 valence electrons. The lowest BCUT2D eigenvalue weighted by Gasteiger charge is -2.23. The molecule has 1 aliphatic carbocycles. The van der Waals surface area contributed by atoms with Crippen LogP contribution in [0.1, 0.15) is 37.7 Å². The van der Waals surface area contributed by atoms with E-state index in [1.54, 1.807) is 6.21 Å². The molecular weight excluding hydrogens is 242 g/mol. The van der Waals surface area contributed by atoms with Crippen LogP contribution in [0, 0.1) is 0 Å². The zero-order valence-corrected chi connectivity index (χ0v) is 11.2. The second kappa shape index (κ2) is 7.11. The standard InChI is InChI=1S/C14H19N3S/c18-14(16-13-9-5-2-6-10-13)17-15-11-12-7-3-1-4-8-12/h1,3-4,7-8,11,13H,2,5-6,9-10H2,(H2,16,17,18)/b15-11-. The molecule has 0 radical (unpaired) electrons. The highest BCUT2D eigenvalue weighted by molar-refractivity contribution is 7.80. The number of benzene rings is 1. The van der Waals surface area contributed by atoms with E-state index >= 15 is 0 Å². The zero-order valence-electron chi connectivity index (χ0n) is 10.4. The van der Waals surface area contributed by atoms with Crippen molar-refractivity contribution in [1.29, 1.82) is 0 Å². The molecule has 1 saturated carbocycles. The van der Waals surface area contributed by atoms with Gasteiger partial charge in [0.25, 0.3) is 0 Å². The molecule has 0 atom stereocenters. The van der Waals surface area contributed by atoms with Crippen LogP contribution in [-0.4, -0.2) is 17.4 Å². The molecule has 0 amide bonds. The van der Waals surface area contributed by atoms with E-state index in [1.165, 1.54) is 32.1 Å². The van der Waals surface area contributed by atoms with Gasteiger partial charge in [0.15, 0.2) is 5.11 Å². The minimum absolute atomic E-state index is 0.519. The van der Waals surface area contributed by atoms with Gasteiger partial charge in [-0.15, -0.1) is 0 Å². The molecule has 18 heavy (non-hydrogen) atoms. The van der Waals surface area contributed by atoms with E-state index in [2.05, 4.69) is 15.8 Å². The van der Waals surface area contributed by atoms with Crippen molar-refractivity contribution in [3.05, 3.63) is 35.9 Å². The molecule has 0 aliphatic heterocycles. The van der Waals surface area contributed by atoms with Gasteiger partial charge in [0.1, 0.15) is 0 Å². The van der Waals surface area contributed by atoms with E-state index in [1.807, 2.05) is 30.3 Å². The molecule has 0 heterocycles. The van der Waals surface area contributed by atoms with Gasteiger partial charge in [0.05, 0.1) is 6.21 Å². The summed E-state index contributed by atoms with van der Waals surface area (Å²) < 4.78 is 0. The summed E-state index contributed by atoms with van der Waals surface area (Å²) in [4.78, 5) is 0. The first-order valence-electron chi connectivity index (χ1n) is 6.49.